The van der Waals surface area contributed by atoms with Crippen LogP contribution in [0.4, 0.5) is 4.39 Å². The molecule has 0 unspecified atom stereocenters. The maximum absolute atomic E-state index is 13.7. The van der Waals surface area contributed by atoms with Crippen LogP contribution in [0.2, 0.25) is 5.15 Å². The van der Waals surface area contributed by atoms with Gasteiger partial charge in [0.05, 0.1) is 12.9 Å². The maximum atomic E-state index is 13.7. The van der Waals surface area contributed by atoms with Crippen LogP contribution >= 0.6 is 34.2 Å². The summed E-state index contributed by atoms with van der Waals surface area (Å²) >= 11 is 7.49. The fourth-order valence-corrected chi connectivity index (χ4v) is 2.16. The molecule has 0 fully saturated rings. The molecule has 1 heterocycles. The lowest BCUT2D eigenvalue weighted by atomic mass is 10.1. The van der Waals surface area contributed by atoms with Gasteiger partial charge in [-0.25, -0.2) is 9.37 Å². The van der Waals surface area contributed by atoms with Gasteiger partial charge < -0.3 is 5.73 Å². The zero-order valence-corrected chi connectivity index (χ0v) is 12.9. The highest BCUT2D eigenvalue weighted by Gasteiger charge is 2.11. The van der Waals surface area contributed by atoms with E-state index in [1.807, 2.05) is 0 Å². The zero-order valence-electron chi connectivity index (χ0n) is 9.94. The topological polar surface area (TPSA) is 78.0 Å². The molecule has 1 aromatic carbocycles. The highest BCUT2D eigenvalue weighted by molar-refractivity contribution is 14.1. The molecule has 104 valence electrons. The molecule has 20 heavy (non-hydrogen) atoms. The maximum Gasteiger partial charge on any atom is 0.268 e. The molecule has 0 radical (unpaired) electrons. The van der Waals surface area contributed by atoms with Crippen molar-refractivity contribution in [3.63, 3.8) is 0 Å². The number of nitrogens with two attached hydrogens (primary N) is 1. The van der Waals surface area contributed by atoms with E-state index in [-0.39, 0.29) is 32.0 Å². The number of benzene rings is 1. The Labute approximate surface area is 131 Å². The first-order valence-electron chi connectivity index (χ1n) is 5.39. The lowest BCUT2D eigenvalue weighted by Gasteiger charge is -2.08. The number of halogens is 3. The van der Waals surface area contributed by atoms with E-state index in [4.69, 9.17) is 17.3 Å². The molecular formula is C12H8ClFIN3O2. The van der Waals surface area contributed by atoms with Crippen molar-refractivity contribution in [2.24, 2.45) is 5.73 Å². The molecule has 5 nitrogen and oxygen atoms in total. The van der Waals surface area contributed by atoms with Gasteiger partial charge in [-0.05, 0) is 40.8 Å². The molecule has 0 saturated carbocycles. The molecule has 2 rings (SSSR count). The first-order chi connectivity index (χ1) is 9.40. The predicted octanol–water partition coefficient (Wildman–Crippen LogP) is 1.79. The van der Waals surface area contributed by atoms with Gasteiger partial charge in [-0.15, -0.1) is 0 Å². The van der Waals surface area contributed by atoms with Crippen LogP contribution in [0.5, 0.6) is 0 Å². The SMILES string of the molecule is NC(=O)c1ccc(F)c(Cn2cnc(Cl)c(I)c2=O)c1. The molecule has 1 aromatic heterocycles. The Bertz CT molecular complexity index is 748. The summed E-state index contributed by atoms with van der Waals surface area (Å²) in [4.78, 5) is 26.9. The van der Waals surface area contributed by atoms with Crippen LogP contribution in [0.3, 0.4) is 0 Å². The molecule has 8 heteroatoms. The second-order valence-corrected chi connectivity index (χ2v) is 5.39. The van der Waals surface area contributed by atoms with Crippen LogP contribution in [0.15, 0.2) is 29.3 Å². The summed E-state index contributed by atoms with van der Waals surface area (Å²) < 4.78 is 15.2. The van der Waals surface area contributed by atoms with Crippen LogP contribution < -0.4 is 11.3 Å². The minimum absolute atomic E-state index is 0.0635. The summed E-state index contributed by atoms with van der Waals surface area (Å²) in [7, 11) is 0. The molecule has 0 saturated heterocycles. The second kappa shape index (κ2) is 5.88. The van der Waals surface area contributed by atoms with Crippen molar-refractivity contribution in [1.29, 1.82) is 0 Å². The normalized spacial score (nSPS) is 10.6. The number of amides is 1. The van der Waals surface area contributed by atoms with E-state index in [1.54, 1.807) is 22.6 Å². The van der Waals surface area contributed by atoms with Crippen molar-refractivity contribution in [2.75, 3.05) is 0 Å². The first-order valence-corrected chi connectivity index (χ1v) is 6.84. The fourth-order valence-electron chi connectivity index (χ4n) is 1.59. The van der Waals surface area contributed by atoms with Crippen LogP contribution in [-0.2, 0) is 6.54 Å². The number of hydrogen-bond donors (Lipinski definition) is 1. The van der Waals surface area contributed by atoms with Crippen LogP contribution in [0.25, 0.3) is 0 Å². The lowest BCUT2D eigenvalue weighted by molar-refractivity contribution is 0.1000. The van der Waals surface area contributed by atoms with E-state index in [2.05, 4.69) is 4.98 Å². The number of aromatic nitrogens is 2. The average Bonchev–Trinajstić information content (AvgIpc) is 2.41. The third-order valence-corrected chi connectivity index (χ3v) is 4.19. The Morgan fingerprint density at radius 3 is 2.85 bits per heavy atom. The van der Waals surface area contributed by atoms with Crippen molar-refractivity contribution in [3.8, 4) is 0 Å². The summed E-state index contributed by atoms with van der Waals surface area (Å²) in [5, 5.41) is 0.0956. The molecule has 2 aromatic rings. The van der Waals surface area contributed by atoms with Gasteiger partial charge in [-0.3, -0.25) is 14.2 Å². The Hall–Kier alpha value is -1.48. The summed E-state index contributed by atoms with van der Waals surface area (Å²) in [5.74, 6) is -1.20. The lowest BCUT2D eigenvalue weighted by Crippen LogP contribution is -2.24. The number of carbonyl (C=O) groups is 1. The number of hydrogen-bond acceptors (Lipinski definition) is 3. The van der Waals surface area contributed by atoms with Crippen molar-refractivity contribution in [2.45, 2.75) is 6.54 Å². The largest absolute Gasteiger partial charge is 0.366 e. The van der Waals surface area contributed by atoms with E-state index < -0.39 is 11.7 Å². The van der Waals surface area contributed by atoms with Crippen LogP contribution in [0, 0.1) is 9.39 Å². The molecule has 0 atom stereocenters. The Morgan fingerprint density at radius 1 is 1.50 bits per heavy atom. The quantitative estimate of drug-likeness (QED) is 0.622. The highest BCUT2D eigenvalue weighted by Crippen LogP contribution is 2.13. The Balaban J connectivity index is 2.45. The smallest absolute Gasteiger partial charge is 0.268 e. The van der Waals surface area contributed by atoms with Crippen molar-refractivity contribution < 1.29 is 9.18 Å². The van der Waals surface area contributed by atoms with E-state index in [1.165, 1.54) is 23.0 Å². The molecule has 0 aliphatic heterocycles. The van der Waals surface area contributed by atoms with Crippen LogP contribution in [0.1, 0.15) is 15.9 Å². The third-order valence-electron chi connectivity index (χ3n) is 2.61. The molecular weight excluding hydrogens is 400 g/mol. The molecule has 1 amide bonds. The van der Waals surface area contributed by atoms with E-state index in [9.17, 15) is 14.0 Å². The fraction of sp³-hybridized carbons (Fsp3) is 0.0833. The molecule has 0 bridgehead atoms. The Morgan fingerprint density at radius 2 is 2.20 bits per heavy atom. The van der Waals surface area contributed by atoms with Crippen LogP contribution in [-0.4, -0.2) is 15.5 Å². The monoisotopic (exact) mass is 407 g/mol. The van der Waals surface area contributed by atoms with Gasteiger partial charge in [0.15, 0.2) is 0 Å². The molecule has 0 aliphatic carbocycles. The van der Waals surface area contributed by atoms with Crippen molar-refractivity contribution >= 4 is 40.1 Å². The van der Waals surface area contributed by atoms with E-state index >= 15 is 0 Å². The minimum atomic E-state index is -0.664. The number of nitrogens with zero attached hydrogens (tertiary/aromatic N) is 2. The van der Waals surface area contributed by atoms with Gasteiger partial charge in [0.25, 0.3) is 5.56 Å². The molecule has 2 N–H and O–H groups in total. The summed E-state index contributed by atoms with van der Waals surface area (Å²) in [6, 6.07) is 3.73. The number of primary amides is 1. The van der Waals surface area contributed by atoms with E-state index in [0.717, 1.165) is 6.07 Å². The minimum Gasteiger partial charge on any atom is -0.366 e. The zero-order chi connectivity index (χ0) is 14.9. The van der Waals surface area contributed by atoms with Gasteiger partial charge in [0.1, 0.15) is 14.5 Å². The highest BCUT2D eigenvalue weighted by atomic mass is 127. The van der Waals surface area contributed by atoms with E-state index in [0.29, 0.717) is 0 Å². The van der Waals surface area contributed by atoms with Gasteiger partial charge in [0, 0.05) is 11.1 Å². The summed E-state index contributed by atoms with van der Waals surface area (Å²) in [5.41, 5.74) is 5.10. The van der Waals surface area contributed by atoms with Gasteiger partial charge >= 0.3 is 0 Å². The average molecular weight is 408 g/mol. The van der Waals surface area contributed by atoms with Gasteiger partial charge in [-0.2, -0.15) is 0 Å². The summed E-state index contributed by atoms with van der Waals surface area (Å²) in [6.45, 7) is -0.0635. The Kier molecular flexibility index (Phi) is 4.39. The first kappa shape index (κ1) is 14.9. The summed E-state index contributed by atoms with van der Waals surface area (Å²) in [6.07, 6.45) is 1.23. The third kappa shape index (κ3) is 2.98. The molecule has 0 aliphatic rings. The standard InChI is InChI=1S/C12H8ClFIN3O2/c13-10-9(15)12(20)18(5-17-10)4-7-3-6(11(16)19)1-2-8(7)14/h1-3,5H,4H2,(H2,16,19). The molecule has 0 spiro atoms. The number of rotatable bonds is 3. The van der Waals surface area contributed by atoms with Gasteiger partial charge in [0.2, 0.25) is 5.91 Å². The van der Waals surface area contributed by atoms with Crippen molar-refractivity contribution in [1.82, 2.24) is 9.55 Å². The second-order valence-electron chi connectivity index (χ2n) is 3.95. The number of carbonyl (C=O) groups excluding carboxylic acids is 1. The van der Waals surface area contributed by atoms with Gasteiger partial charge in [-0.1, -0.05) is 11.6 Å². The predicted molar refractivity (Wildman–Crippen MR) is 80.2 cm³/mol. The van der Waals surface area contributed by atoms with Crippen molar-refractivity contribution in [3.05, 3.63) is 60.5 Å².